The molecule has 0 aliphatic heterocycles. The number of hydrogen-bond acceptors (Lipinski definition) is 2. The number of amides is 1. The number of hydrogen-bond donors (Lipinski definition) is 1. The van der Waals surface area contributed by atoms with E-state index in [-0.39, 0.29) is 11.7 Å². The van der Waals surface area contributed by atoms with E-state index in [1.807, 2.05) is 0 Å². The van der Waals surface area contributed by atoms with Crippen molar-refractivity contribution in [3.05, 3.63) is 59.3 Å². The van der Waals surface area contributed by atoms with E-state index in [9.17, 15) is 9.18 Å². The molecule has 0 aliphatic carbocycles. The normalized spacial score (nSPS) is 10.2. The summed E-state index contributed by atoms with van der Waals surface area (Å²) in [4.78, 5) is 11.6. The molecule has 0 atom stereocenters. The number of halogens is 1. The molecular weight excluding hydrogens is 221 g/mol. The zero-order valence-electron chi connectivity index (χ0n) is 9.37. The lowest BCUT2D eigenvalue weighted by Gasteiger charge is -2.05. The molecule has 17 heavy (non-hydrogen) atoms. The van der Waals surface area contributed by atoms with E-state index in [1.54, 1.807) is 25.1 Å². The summed E-state index contributed by atoms with van der Waals surface area (Å²) in [5.74, 6) is -0.500. The van der Waals surface area contributed by atoms with Gasteiger partial charge in [0.25, 0.3) is 5.91 Å². The summed E-state index contributed by atoms with van der Waals surface area (Å²) >= 11 is 0. The topological polar surface area (TPSA) is 42.2 Å². The molecule has 88 valence electrons. The van der Waals surface area contributed by atoms with Crippen molar-refractivity contribution in [1.82, 2.24) is 5.32 Å². The van der Waals surface area contributed by atoms with Crippen LogP contribution in [-0.2, 0) is 6.54 Å². The first-order valence-corrected chi connectivity index (χ1v) is 5.22. The fourth-order valence-electron chi connectivity index (χ4n) is 1.42. The van der Waals surface area contributed by atoms with Crippen molar-refractivity contribution in [2.24, 2.45) is 0 Å². The number of furan rings is 1. The molecule has 0 spiro atoms. The van der Waals surface area contributed by atoms with Crippen LogP contribution in [0, 0.1) is 12.7 Å². The molecule has 1 aromatic heterocycles. The lowest BCUT2D eigenvalue weighted by Crippen LogP contribution is -2.22. The molecule has 2 aromatic rings. The molecule has 1 heterocycles. The third-order valence-electron chi connectivity index (χ3n) is 2.47. The maximum Gasteiger partial charge on any atom is 0.254 e. The van der Waals surface area contributed by atoms with Gasteiger partial charge in [-0.3, -0.25) is 4.79 Å². The molecule has 0 saturated carbocycles. The summed E-state index contributed by atoms with van der Waals surface area (Å²) < 4.78 is 18.1. The minimum absolute atomic E-state index is 0.236. The molecule has 4 heteroatoms. The average Bonchev–Trinajstić information content (AvgIpc) is 2.84. The second-order valence-corrected chi connectivity index (χ2v) is 3.78. The van der Waals surface area contributed by atoms with Crippen LogP contribution < -0.4 is 5.32 Å². The maximum absolute atomic E-state index is 13.2. The van der Waals surface area contributed by atoms with Gasteiger partial charge in [0.05, 0.1) is 11.8 Å². The van der Waals surface area contributed by atoms with Gasteiger partial charge < -0.3 is 9.73 Å². The lowest BCUT2D eigenvalue weighted by molar-refractivity contribution is 0.0950. The van der Waals surface area contributed by atoms with Gasteiger partial charge in [0.15, 0.2) is 0 Å². The summed E-state index contributed by atoms with van der Waals surface area (Å²) in [7, 11) is 0. The number of benzene rings is 1. The zero-order chi connectivity index (χ0) is 12.3. The molecule has 1 N–H and O–H groups in total. The summed E-state index contributed by atoms with van der Waals surface area (Å²) in [6.45, 7) is 1.99. The van der Waals surface area contributed by atoms with Gasteiger partial charge >= 0.3 is 0 Å². The van der Waals surface area contributed by atoms with Crippen LogP contribution in [0.5, 0.6) is 0 Å². The molecule has 0 bridgehead atoms. The number of rotatable bonds is 3. The Morgan fingerprint density at radius 3 is 2.88 bits per heavy atom. The van der Waals surface area contributed by atoms with Crippen molar-refractivity contribution in [1.29, 1.82) is 0 Å². The standard InChI is InChI=1S/C13H12FNO2/c1-9-2-3-10(6-12(9)14)7-15-13(16)11-4-5-17-8-11/h2-6,8H,7H2,1H3,(H,15,16). The molecule has 0 radical (unpaired) electrons. The molecule has 1 aromatic carbocycles. The van der Waals surface area contributed by atoms with Gasteiger partial charge in [-0.25, -0.2) is 4.39 Å². The highest BCUT2D eigenvalue weighted by Crippen LogP contribution is 2.09. The molecule has 0 aliphatic rings. The largest absolute Gasteiger partial charge is 0.472 e. The smallest absolute Gasteiger partial charge is 0.254 e. The van der Waals surface area contributed by atoms with Gasteiger partial charge in [-0.15, -0.1) is 0 Å². The van der Waals surface area contributed by atoms with Gasteiger partial charge in [0.1, 0.15) is 12.1 Å². The highest BCUT2D eigenvalue weighted by Gasteiger charge is 2.06. The van der Waals surface area contributed by atoms with Crippen LogP contribution in [0.15, 0.2) is 41.2 Å². The van der Waals surface area contributed by atoms with E-state index < -0.39 is 0 Å². The van der Waals surface area contributed by atoms with Gasteiger partial charge in [-0.05, 0) is 30.2 Å². The van der Waals surface area contributed by atoms with Crippen molar-refractivity contribution in [3.63, 3.8) is 0 Å². The molecular formula is C13H12FNO2. The third kappa shape index (κ3) is 2.72. The molecule has 2 rings (SSSR count). The fraction of sp³-hybridized carbons (Fsp3) is 0.154. The number of aryl methyl sites for hydroxylation is 1. The zero-order valence-corrected chi connectivity index (χ0v) is 9.37. The van der Waals surface area contributed by atoms with Crippen molar-refractivity contribution in [2.45, 2.75) is 13.5 Å². The van der Waals surface area contributed by atoms with E-state index in [0.717, 1.165) is 5.56 Å². The van der Waals surface area contributed by atoms with Gasteiger partial charge in [-0.1, -0.05) is 12.1 Å². The van der Waals surface area contributed by atoms with Crippen LogP contribution in [-0.4, -0.2) is 5.91 Å². The molecule has 0 unspecified atom stereocenters. The van der Waals surface area contributed by atoms with E-state index in [1.165, 1.54) is 18.6 Å². The number of nitrogens with one attached hydrogen (secondary N) is 1. The minimum Gasteiger partial charge on any atom is -0.472 e. The maximum atomic E-state index is 13.2. The Balaban J connectivity index is 1.98. The Hall–Kier alpha value is -2.10. The van der Waals surface area contributed by atoms with E-state index in [0.29, 0.717) is 17.7 Å². The lowest BCUT2D eigenvalue weighted by atomic mass is 10.1. The fourth-order valence-corrected chi connectivity index (χ4v) is 1.42. The first kappa shape index (κ1) is 11.4. The van der Waals surface area contributed by atoms with Crippen LogP contribution in [0.3, 0.4) is 0 Å². The predicted molar refractivity (Wildman–Crippen MR) is 61.0 cm³/mol. The van der Waals surface area contributed by atoms with Gasteiger partial charge in [0, 0.05) is 6.54 Å². The molecule has 0 fully saturated rings. The van der Waals surface area contributed by atoms with Gasteiger partial charge in [0.2, 0.25) is 0 Å². The van der Waals surface area contributed by atoms with E-state index in [2.05, 4.69) is 5.32 Å². The second-order valence-electron chi connectivity index (χ2n) is 3.78. The van der Waals surface area contributed by atoms with Crippen molar-refractivity contribution >= 4 is 5.91 Å². The first-order chi connectivity index (χ1) is 8.16. The average molecular weight is 233 g/mol. The molecule has 0 saturated heterocycles. The Labute approximate surface area is 98.3 Å². The highest BCUT2D eigenvalue weighted by atomic mass is 19.1. The monoisotopic (exact) mass is 233 g/mol. The number of carbonyl (C=O) groups is 1. The SMILES string of the molecule is Cc1ccc(CNC(=O)c2ccoc2)cc1F. The first-order valence-electron chi connectivity index (χ1n) is 5.22. The summed E-state index contributed by atoms with van der Waals surface area (Å²) in [6, 6.07) is 6.47. The summed E-state index contributed by atoms with van der Waals surface area (Å²) in [5.41, 5.74) is 1.78. The van der Waals surface area contributed by atoms with Crippen LogP contribution >= 0.6 is 0 Å². The minimum atomic E-state index is -0.264. The quantitative estimate of drug-likeness (QED) is 0.885. The summed E-state index contributed by atoms with van der Waals surface area (Å²) in [6.07, 6.45) is 2.80. The molecule has 3 nitrogen and oxygen atoms in total. The molecule has 1 amide bonds. The van der Waals surface area contributed by atoms with Crippen molar-refractivity contribution < 1.29 is 13.6 Å². The second kappa shape index (κ2) is 4.82. The third-order valence-corrected chi connectivity index (χ3v) is 2.47. The Morgan fingerprint density at radius 1 is 1.41 bits per heavy atom. The van der Waals surface area contributed by atoms with Crippen molar-refractivity contribution in [3.8, 4) is 0 Å². The van der Waals surface area contributed by atoms with E-state index >= 15 is 0 Å². The van der Waals surface area contributed by atoms with Crippen LogP contribution in [0.4, 0.5) is 4.39 Å². The number of carbonyl (C=O) groups excluding carboxylic acids is 1. The Kier molecular flexibility index (Phi) is 3.23. The highest BCUT2D eigenvalue weighted by molar-refractivity contribution is 5.93. The summed E-state index contributed by atoms with van der Waals surface area (Å²) in [5, 5.41) is 2.68. The van der Waals surface area contributed by atoms with Crippen molar-refractivity contribution in [2.75, 3.05) is 0 Å². The van der Waals surface area contributed by atoms with Gasteiger partial charge in [-0.2, -0.15) is 0 Å². The van der Waals surface area contributed by atoms with Crippen LogP contribution in [0.1, 0.15) is 21.5 Å². The Morgan fingerprint density at radius 2 is 2.24 bits per heavy atom. The van der Waals surface area contributed by atoms with Crippen LogP contribution in [0.2, 0.25) is 0 Å². The van der Waals surface area contributed by atoms with E-state index in [4.69, 9.17) is 4.42 Å². The van der Waals surface area contributed by atoms with Crippen LogP contribution in [0.25, 0.3) is 0 Å². The Bertz CT molecular complexity index is 520. The predicted octanol–water partition coefficient (Wildman–Crippen LogP) is 2.66.